The van der Waals surface area contributed by atoms with Gasteiger partial charge in [0.05, 0.1) is 6.61 Å². The molecule has 0 aromatic carbocycles. The topological polar surface area (TPSA) is 21.3 Å². The van der Waals surface area contributed by atoms with E-state index in [9.17, 15) is 0 Å². The molecule has 0 aliphatic carbocycles. The molecule has 0 heterocycles. The lowest BCUT2D eigenvalue weighted by atomic mass is 10.1. The molecule has 11 heavy (non-hydrogen) atoms. The van der Waals surface area contributed by atoms with Gasteiger partial charge in [-0.05, 0) is 19.4 Å². The molecule has 0 radical (unpaired) electrons. The van der Waals surface area contributed by atoms with Crippen molar-refractivity contribution in [1.29, 1.82) is 0 Å². The number of methoxy groups -OCH3 is 1. The first-order valence-electron chi connectivity index (χ1n) is 4.18. The van der Waals surface area contributed by atoms with Crippen LogP contribution in [0.5, 0.6) is 0 Å². The minimum atomic E-state index is 0.489. The first-order valence-corrected chi connectivity index (χ1v) is 4.18. The second kappa shape index (κ2) is 7.76. The second-order valence-corrected chi connectivity index (χ2v) is 2.58. The third-order valence-corrected chi connectivity index (χ3v) is 1.58. The Morgan fingerprint density at radius 2 is 2.36 bits per heavy atom. The molecular weight excluding hydrogens is 138 g/mol. The molecule has 0 saturated carbocycles. The molecule has 0 spiro atoms. The maximum Gasteiger partial charge on any atom is 0.0615 e. The Morgan fingerprint density at radius 1 is 1.64 bits per heavy atom. The van der Waals surface area contributed by atoms with E-state index in [1.807, 2.05) is 6.08 Å². The average Bonchev–Trinajstić information content (AvgIpc) is 2.01. The fourth-order valence-electron chi connectivity index (χ4n) is 1.05. The van der Waals surface area contributed by atoms with E-state index in [4.69, 9.17) is 4.74 Å². The van der Waals surface area contributed by atoms with Crippen LogP contribution in [0.3, 0.4) is 0 Å². The maximum atomic E-state index is 5.06. The Kier molecular flexibility index (Phi) is 7.52. The fraction of sp³-hybridized carbons (Fsp3) is 0.778. The van der Waals surface area contributed by atoms with Gasteiger partial charge in [-0.3, -0.25) is 0 Å². The first-order chi connectivity index (χ1) is 5.35. The summed E-state index contributed by atoms with van der Waals surface area (Å²) in [7, 11) is 1.73. The fourth-order valence-corrected chi connectivity index (χ4v) is 1.05. The number of likely N-dealkylation sites (N-methyl/N-ethyl adjacent to an activating group) is 1. The highest BCUT2D eigenvalue weighted by atomic mass is 16.5. The Bertz CT molecular complexity index is 87.6. The monoisotopic (exact) mass is 157 g/mol. The van der Waals surface area contributed by atoms with E-state index >= 15 is 0 Å². The van der Waals surface area contributed by atoms with E-state index < -0.39 is 0 Å². The van der Waals surface area contributed by atoms with Crippen LogP contribution >= 0.6 is 0 Å². The first kappa shape index (κ1) is 10.7. The Morgan fingerprint density at radius 3 is 2.82 bits per heavy atom. The zero-order valence-corrected chi connectivity index (χ0v) is 7.60. The van der Waals surface area contributed by atoms with E-state index in [2.05, 4.69) is 18.8 Å². The SMILES string of the molecule is C=CCCC(COC)NCC. The molecule has 0 fully saturated rings. The molecular formula is C9H19NO. The van der Waals surface area contributed by atoms with E-state index in [-0.39, 0.29) is 0 Å². The Balaban J connectivity index is 3.41. The molecule has 0 aromatic heterocycles. The standard InChI is InChI=1S/C9H19NO/c1-4-6-7-9(8-11-3)10-5-2/h4,9-10H,1,5-8H2,2-3H3. The van der Waals surface area contributed by atoms with Crippen molar-refractivity contribution in [3.8, 4) is 0 Å². The molecule has 0 amide bonds. The summed E-state index contributed by atoms with van der Waals surface area (Å²) in [4.78, 5) is 0. The van der Waals surface area contributed by atoms with Crippen molar-refractivity contribution in [3.05, 3.63) is 12.7 Å². The minimum Gasteiger partial charge on any atom is -0.383 e. The third-order valence-electron chi connectivity index (χ3n) is 1.58. The van der Waals surface area contributed by atoms with Gasteiger partial charge in [0, 0.05) is 13.2 Å². The molecule has 1 atom stereocenters. The smallest absolute Gasteiger partial charge is 0.0615 e. The number of nitrogens with one attached hydrogen (secondary N) is 1. The highest BCUT2D eigenvalue weighted by molar-refractivity contribution is 4.73. The lowest BCUT2D eigenvalue weighted by molar-refractivity contribution is 0.164. The van der Waals surface area contributed by atoms with Gasteiger partial charge < -0.3 is 10.1 Å². The number of hydrogen-bond acceptors (Lipinski definition) is 2. The maximum absolute atomic E-state index is 5.06. The molecule has 0 rings (SSSR count). The Labute approximate surface area is 69.6 Å². The average molecular weight is 157 g/mol. The zero-order chi connectivity index (χ0) is 8.53. The van der Waals surface area contributed by atoms with Gasteiger partial charge in [0.1, 0.15) is 0 Å². The summed E-state index contributed by atoms with van der Waals surface area (Å²) in [6.45, 7) is 7.59. The second-order valence-electron chi connectivity index (χ2n) is 2.58. The summed E-state index contributed by atoms with van der Waals surface area (Å²) >= 11 is 0. The predicted molar refractivity (Wildman–Crippen MR) is 48.8 cm³/mol. The summed E-state index contributed by atoms with van der Waals surface area (Å²) in [5, 5.41) is 3.35. The van der Waals surface area contributed by atoms with Gasteiger partial charge in [0.2, 0.25) is 0 Å². The molecule has 0 aromatic rings. The van der Waals surface area contributed by atoms with Crippen LogP contribution < -0.4 is 5.32 Å². The molecule has 66 valence electrons. The summed E-state index contributed by atoms with van der Waals surface area (Å²) in [6, 6.07) is 0.489. The van der Waals surface area contributed by atoms with Gasteiger partial charge in [-0.1, -0.05) is 13.0 Å². The number of hydrogen-bond donors (Lipinski definition) is 1. The van der Waals surface area contributed by atoms with Crippen LogP contribution in [0, 0.1) is 0 Å². The summed E-state index contributed by atoms with van der Waals surface area (Å²) in [5.74, 6) is 0. The van der Waals surface area contributed by atoms with Crippen LogP contribution in [0.15, 0.2) is 12.7 Å². The van der Waals surface area contributed by atoms with Crippen molar-refractivity contribution < 1.29 is 4.74 Å². The van der Waals surface area contributed by atoms with Crippen molar-refractivity contribution >= 4 is 0 Å². The van der Waals surface area contributed by atoms with Crippen LogP contribution in [-0.2, 0) is 4.74 Å². The summed E-state index contributed by atoms with van der Waals surface area (Å²) < 4.78 is 5.06. The molecule has 0 aliphatic heterocycles. The van der Waals surface area contributed by atoms with Crippen LogP contribution in [0.25, 0.3) is 0 Å². The van der Waals surface area contributed by atoms with Gasteiger partial charge in [-0.2, -0.15) is 0 Å². The predicted octanol–water partition coefficient (Wildman–Crippen LogP) is 1.58. The highest BCUT2D eigenvalue weighted by Gasteiger charge is 2.03. The number of ether oxygens (including phenoxy) is 1. The van der Waals surface area contributed by atoms with Crippen LogP contribution in [-0.4, -0.2) is 26.3 Å². The normalized spacial score (nSPS) is 12.9. The van der Waals surface area contributed by atoms with Crippen molar-refractivity contribution in [2.75, 3.05) is 20.3 Å². The summed E-state index contributed by atoms with van der Waals surface area (Å²) in [6.07, 6.45) is 4.12. The summed E-state index contributed by atoms with van der Waals surface area (Å²) in [5.41, 5.74) is 0. The number of allylic oxidation sites excluding steroid dienone is 1. The lowest BCUT2D eigenvalue weighted by Crippen LogP contribution is -2.32. The molecule has 0 aliphatic rings. The molecule has 0 saturated heterocycles. The van der Waals surface area contributed by atoms with Gasteiger partial charge in [-0.25, -0.2) is 0 Å². The van der Waals surface area contributed by atoms with Gasteiger partial charge in [-0.15, -0.1) is 6.58 Å². The largest absolute Gasteiger partial charge is 0.383 e. The zero-order valence-electron chi connectivity index (χ0n) is 7.60. The van der Waals surface area contributed by atoms with Crippen LogP contribution in [0.4, 0.5) is 0 Å². The molecule has 0 bridgehead atoms. The van der Waals surface area contributed by atoms with Crippen molar-refractivity contribution in [1.82, 2.24) is 5.32 Å². The van der Waals surface area contributed by atoms with Crippen LogP contribution in [0.1, 0.15) is 19.8 Å². The van der Waals surface area contributed by atoms with E-state index in [0.717, 1.165) is 26.0 Å². The third kappa shape index (κ3) is 6.07. The number of rotatable bonds is 7. The van der Waals surface area contributed by atoms with Crippen molar-refractivity contribution in [2.45, 2.75) is 25.8 Å². The van der Waals surface area contributed by atoms with E-state index in [1.165, 1.54) is 0 Å². The van der Waals surface area contributed by atoms with E-state index in [0.29, 0.717) is 6.04 Å². The molecule has 1 N–H and O–H groups in total. The molecule has 2 nitrogen and oxygen atoms in total. The Hall–Kier alpha value is -0.340. The van der Waals surface area contributed by atoms with Crippen LogP contribution in [0.2, 0.25) is 0 Å². The van der Waals surface area contributed by atoms with Crippen molar-refractivity contribution in [2.24, 2.45) is 0 Å². The quantitative estimate of drug-likeness (QED) is 0.566. The van der Waals surface area contributed by atoms with E-state index in [1.54, 1.807) is 7.11 Å². The van der Waals surface area contributed by atoms with Gasteiger partial charge in [0.15, 0.2) is 0 Å². The molecule has 1 unspecified atom stereocenters. The lowest BCUT2D eigenvalue weighted by Gasteiger charge is -2.15. The minimum absolute atomic E-state index is 0.489. The highest BCUT2D eigenvalue weighted by Crippen LogP contribution is 1.97. The van der Waals surface area contributed by atoms with Gasteiger partial charge >= 0.3 is 0 Å². The molecule has 2 heteroatoms. The van der Waals surface area contributed by atoms with Crippen molar-refractivity contribution in [3.63, 3.8) is 0 Å². The van der Waals surface area contributed by atoms with Gasteiger partial charge in [0.25, 0.3) is 0 Å².